The Kier molecular flexibility index (Phi) is 8.77. The normalized spacial score (nSPS) is 18.9. The van der Waals surface area contributed by atoms with Crippen molar-refractivity contribution in [2.24, 2.45) is 5.92 Å². The summed E-state index contributed by atoms with van der Waals surface area (Å²) in [4.78, 5) is 0. The fourth-order valence-electron chi connectivity index (χ4n) is 4.33. The highest BCUT2D eigenvalue weighted by Gasteiger charge is 2.25. The predicted molar refractivity (Wildman–Crippen MR) is 120 cm³/mol. The van der Waals surface area contributed by atoms with E-state index in [4.69, 9.17) is 4.74 Å². The van der Waals surface area contributed by atoms with Gasteiger partial charge in [0.25, 0.3) is 0 Å². The maximum atomic E-state index is 14.3. The summed E-state index contributed by atoms with van der Waals surface area (Å²) in [6.45, 7) is 3.95. The van der Waals surface area contributed by atoms with Gasteiger partial charge in [-0.15, -0.1) is 0 Å². The number of hydrogen-bond acceptors (Lipinski definition) is 1. The van der Waals surface area contributed by atoms with Gasteiger partial charge in [0.05, 0.1) is 6.61 Å². The maximum Gasteiger partial charge on any atom is 0.200 e. The summed E-state index contributed by atoms with van der Waals surface area (Å²) in [7, 11) is 0. The highest BCUT2D eigenvalue weighted by atomic mass is 19.2. The van der Waals surface area contributed by atoms with Crippen molar-refractivity contribution in [2.75, 3.05) is 6.61 Å². The molecule has 0 N–H and O–H groups in total. The molecule has 1 fully saturated rings. The van der Waals surface area contributed by atoms with Gasteiger partial charge in [-0.25, -0.2) is 13.2 Å². The van der Waals surface area contributed by atoms with Crippen molar-refractivity contribution in [1.29, 1.82) is 0 Å². The van der Waals surface area contributed by atoms with Crippen LogP contribution < -0.4 is 4.74 Å². The van der Waals surface area contributed by atoms with Crippen LogP contribution in [-0.2, 0) is 6.42 Å². The Bertz CT molecular complexity index is 930. The van der Waals surface area contributed by atoms with E-state index in [0.717, 1.165) is 38.5 Å². The second-order valence-corrected chi connectivity index (χ2v) is 8.73. The van der Waals surface area contributed by atoms with Crippen LogP contribution >= 0.6 is 0 Å². The first-order chi connectivity index (χ1) is 15.4. The van der Waals surface area contributed by atoms with Crippen molar-refractivity contribution in [2.45, 2.75) is 71.1 Å². The van der Waals surface area contributed by atoms with Crippen LogP contribution in [0.15, 0.2) is 36.4 Å². The van der Waals surface area contributed by atoms with E-state index in [0.29, 0.717) is 42.1 Å². The molecule has 2 aromatic carbocycles. The van der Waals surface area contributed by atoms with Crippen LogP contribution in [0.1, 0.15) is 74.5 Å². The zero-order valence-electron chi connectivity index (χ0n) is 18.9. The van der Waals surface area contributed by atoms with Gasteiger partial charge in [0, 0.05) is 0 Å². The van der Waals surface area contributed by atoms with E-state index in [9.17, 15) is 17.6 Å². The zero-order chi connectivity index (χ0) is 23.1. The average molecular weight is 449 g/mol. The SMILES string of the molecule is CCCCOc1ccc(CC/C=C/C2CCC(c3ccc(C)c(F)c3F)CC2)c(F)c1F. The Morgan fingerprint density at radius 3 is 2.38 bits per heavy atom. The van der Waals surface area contributed by atoms with Crippen LogP contribution in [0.25, 0.3) is 0 Å². The minimum Gasteiger partial charge on any atom is -0.490 e. The van der Waals surface area contributed by atoms with Crippen molar-refractivity contribution in [3.05, 3.63) is 76.4 Å². The van der Waals surface area contributed by atoms with Gasteiger partial charge in [0.2, 0.25) is 5.82 Å². The van der Waals surface area contributed by atoms with Crippen LogP contribution in [-0.4, -0.2) is 6.61 Å². The molecule has 0 spiro atoms. The molecule has 32 heavy (non-hydrogen) atoms. The summed E-state index contributed by atoms with van der Waals surface area (Å²) >= 11 is 0. The average Bonchev–Trinajstić information content (AvgIpc) is 2.80. The molecule has 3 rings (SSSR count). The third-order valence-electron chi connectivity index (χ3n) is 6.39. The molecule has 0 aromatic heterocycles. The number of benzene rings is 2. The molecule has 174 valence electrons. The molecule has 0 saturated heterocycles. The highest BCUT2D eigenvalue weighted by Crippen LogP contribution is 2.38. The Labute approximate surface area is 188 Å². The molecule has 0 heterocycles. The fourth-order valence-corrected chi connectivity index (χ4v) is 4.33. The van der Waals surface area contributed by atoms with Crippen molar-refractivity contribution in [1.82, 2.24) is 0 Å². The molecule has 0 atom stereocenters. The molecule has 1 aliphatic rings. The van der Waals surface area contributed by atoms with E-state index >= 15 is 0 Å². The Morgan fingerprint density at radius 2 is 1.66 bits per heavy atom. The second kappa shape index (κ2) is 11.5. The maximum absolute atomic E-state index is 14.3. The largest absolute Gasteiger partial charge is 0.490 e. The first kappa shape index (κ1) is 24.3. The summed E-state index contributed by atoms with van der Waals surface area (Å²) in [6, 6.07) is 6.45. The smallest absolute Gasteiger partial charge is 0.200 e. The molecule has 1 aliphatic carbocycles. The Hall–Kier alpha value is -2.30. The predicted octanol–water partition coefficient (Wildman–Crippen LogP) is 8.19. The lowest BCUT2D eigenvalue weighted by Crippen LogP contribution is -2.13. The third kappa shape index (κ3) is 5.93. The van der Waals surface area contributed by atoms with Gasteiger partial charge in [-0.05, 0) is 86.5 Å². The van der Waals surface area contributed by atoms with E-state index < -0.39 is 23.3 Å². The summed E-state index contributed by atoms with van der Waals surface area (Å²) in [5.74, 6) is -2.81. The number of allylic oxidation sites excluding steroid dienone is 2. The van der Waals surface area contributed by atoms with Gasteiger partial charge in [0.1, 0.15) is 0 Å². The standard InChI is InChI=1S/C27H32F4O/c1-3-4-17-32-23-16-14-21(25(29)27(23)31)8-6-5-7-19-10-12-20(13-11-19)22-15-9-18(2)24(28)26(22)30/h5,7,9,14-16,19-20H,3-4,6,8,10-13,17H2,1-2H3/b7-5+. The minimum absolute atomic E-state index is 0.0307. The minimum atomic E-state index is -0.916. The topological polar surface area (TPSA) is 9.23 Å². The van der Waals surface area contributed by atoms with E-state index in [2.05, 4.69) is 6.08 Å². The van der Waals surface area contributed by atoms with Gasteiger partial charge in [0.15, 0.2) is 23.2 Å². The molecule has 1 nitrogen and oxygen atoms in total. The lowest BCUT2D eigenvalue weighted by molar-refractivity contribution is 0.288. The summed E-state index contributed by atoms with van der Waals surface area (Å²) in [6.07, 6.45) is 10.3. The number of unbranched alkanes of at least 4 members (excludes halogenated alkanes) is 1. The quantitative estimate of drug-likeness (QED) is 0.213. The highest BCUT2D eigenvalue weighted by molar-refractivity contribution is 5.31. The van der Waals surface area contributed by atoms with Crippen molar-refractivity contribution >= 4 is 0 Å². The van der Waals surface area contributed by atoms with Crippen molar-refractivity contribution in [3.8, 4) is 5.75 Å². The van der Waals surface area contributed by atoms with Crippen LogP contribution in [0.3, 0.4) is 0 Å². The first-order valence-electron chi connectivity index (χ1n) is 11.6. The fraction of sp³-hybridized carbons (Fsp3) is 0.481. The van der Waals surface area contributed by atoms with E-state index in [1.165, 1.54) is 6.07 Å². The number of ether oxygens (including phenoxy) is 1. The Balaban J connectivity index is 1.48. The lowest BCUT2D eigenvalue weighted by atomic mass is 9.78. The first-order valence-corrected chi connectivity index (χ1v) is 11.6. The monoisotopic (exact) mass is 448 g/mol. The molecule has 5 heteroatoms. The van der Waals surface area contributed by atoms with Crippen LogP contribution in [0.5, 0.6) is 5.75 Å². The van der Waals surface area contributed by atoms with Crippen LogP contribution in [0, 0.1) is 36.1 Å². The molecule has 0 aliphatic heterocycles. The molecule has 1 saturated carbocycles. The molecule has 0 radical (unpaired) electrons. The van der Waals surface area contributed by atoms with Gasteiger partial charge in [-0.2, -0.15) is 4.39 Å². The second-order valence-electron chi connectivity index (χ2n) is 8.73. The number of rotatable bonds is 9. The van der Waals surface area contributed by atoms with Gasteiger partial charge in [-0.3, -0.25) is 0 Å². The molecular weight excluding hydrogens is 416 g/mol. The van der Waals surface area contributed by atoms with Crippen LogP contribution in [0.4, 0.5) is 17.6 Å². The molecule has 2 aromatic rings. The van der Waals surface area contributed by atoms with E-state index in [1.54, 1.807) is 25.1 Å². The van der Waals surface area contributed by atoms with Gasteiger partial charge < -0.3 is 4.74 Å². The summed E-state index contributed by atoms with van der Waals surface area (Å²) < 4.78 is 61.9. The summed E-state index contributed by atoms with van der Waals surface area (Å²) in [5.41, 5.74) is 1.16. The van der Waals surface area contributed by atoms with Crippen molar-refractivity contribution < 1.29 is 22.3 Å². The zero-order valence-corrected chi connectivity index (χ0v) is 18.9. The number of aryl methyl sites for hydroxylation is 2. The van der Waals surface area contributed by atoms with Gasteiger partial charge in [-0.1, -0.05) is 43.7 Å². The third-order valence-corrected chi connectivity index (χ3v) is 6.39. The summed E-state index contributed by atoms with van der Waals surface area (Å²) in [5, 5.41) is 0. The lowest BCUT2D eigenvalue weighted by Gasteiger charge is -2.27. The number of halogens is 4. The van der Waals surface area contributed by atoms with Crippen molar-refractivity contribution in [3.63, 3.8) is 0 Å². The Morgan fingerprint density at radius 1 is 0.906 bits per heavy atom. The molecule has 0 amide bonds. The van der Waals surface area contributed by atoms with Crippen LogP contribution in [0.2, 0.25) is 0 Å². The number of hydrogen-bond donors (Lipinski definition) is 0. The van der Waals surface area contributed by atoms with Gasteiger partial charge >= 0.3 is 0 Å². The molecular formula is C27H32F4O. The molecule has 0 bridgehead atoms. The molecule has 0 unspecified atom stereocenters. The van der Waals surface area contributed by atoms with E-state index in [-0.39, 0.29) is 11.7 Å². The van der Waals surface area contributed by atoms with E-state index in [1.807, 2.05) is 13.0 Å².